The van der Waals surface area contributed by atoms with Crippen molar-refractivity contribution in [3.05, 3.63) is 93.7 Å². The van der Waals surface area contributed by atoms with Crippen molar-refractivity contribution in [2.75, 3.05) is 13.1 Å². The van der Waals surface area contributed by atoms with Crippen molar-refractivity contribution in [2.24, 2.45) is 5.92 Å². The number of hydrogen-bond donors (Lipinski definition) is 1. The molecule has 0 bridgehead atoms. The van der Waals surface area contributed by atoms with Crippen LogP contribution in [-0.4, -0.2) is 29.8 Å². The molecule has 0 saturated carbocycles. The maximum Gasteiger partial charge on any atom is 0.254 e. The number of carbonyl (C=O) groups excluding carboxylic acids is 2. The Bertz CT molecular complexity index is 1030. The smallest absolute Gasteiger partial charge is 0.254 e. The number of carbonyl (C=O) groups is 2. The number of fused-ring (bicyclic) bond motifs is 1. The predicted molar refractivity (Wildman–Crippen MR) is 125 cm³/mol. The van der Waals surface area contributed by atoms with E-state index in [0.29, 0.717) is 24.6 Å². The zero-order valence-corrected chi connectivity index (χ0v) is 18.8. The molecule has 0 spiro atoms. The molecule has 3 aromatic rings. The monoisotopic (exact) mass is 432 g/mol. The Labute approximate surface area is 187 Å². The third-order valence-electron chi connectivity index (χ3n) is 5.67. The van der Waals surface area contributed by atoms with Crippen molar-refractivity contribution < 1.29 is 9.59 Å². The van der Waals surface area contributed by atoms with Crippen LogP contribution >= 0.6 is 11.3 Å². The standard InChI is InChI=1S/C26H28N2O2S/c1-18(2)17-28-24(22-13-8-16-31-22)23(20-11-6-7-12-21(20)26(28)30)25(29)27-15-14-19-9-4-3-5-10-19/h3-13,16,18,23-24H,14-15,17H2,1-2H3,(H,27,29)/t23-,24+/m0/s1. The first-order chi connectivity index (χ1) is 15.1. The quantitative estimate of drug-likeness (QED) is 0.568. The maximum atomic E-state index is 13.6. The highest BCUT2D eigenvalue weighted by Gasteiger charge is 2.44. The van der Waals surface area contributed by atoms with E-state index >= 15 is 0 Å². The van der Waals surface area contributed by atoms with Crippen LogP contribution in [0.3, 0.4) is 0 Å². The van der Waals surface area contributed by atoms with Gasteiger partial charge in [0.15, 0.2) is 0 Å². The lowest BCUT2D eigenvalue weighted by Crippen LogP contribution is -2.48. The molecular formula is C26H28N2O2S. The van der Waals surface area contributed by atoms with E-state index in [0.717, 1.165) is 16.9 Å². The third-order valence-corrected chi connectivity index (χ3v) is 6.62. The Kier molecular flexibility index (Phi) is 6.52. The molecule has 5 heteroatoms. The molecule has 2 aromatic carbocycles. The summed E-state index contributed by atoms with van der Waals surface area (Å²) in [5.74, 6) is -0.139. The summed E-state index contributed by atoms with van der Waals surface area (Å²) in [7, 11) is 0. The molecule has 4 nitrogen and oxygen atoms in total. The molecule has 0 saturated heterocycles. The summed E-state index contributed by atoms with van der Waals surface area (Å²) < 4.78 is 0. The van der Waals surface area contributed by atoms with Crippen LogP contribution in [0.1, 0.15) is 52.2 Å². The first kappa shape index (κ1) is 21.3. The van der Waals surface area contributed by atoms with Gasteiger partial charge >= 0.3 is 0 Å². The van der Waals surface area contributed by atoms with E-state index in [1.165, 1.54) is 5.56 Å². The van der Waals surface area contributed by atoms with Gasteiger partial charge in [-0.05, 0) is 41.0 Å². The molecule has 2 amide bonds. The number of benzene rings is 2. The first-order valence-corrected chi connectivity index (χ1v) is 11.7. The molecule has 4 rings (SSSR count). The largest absolute Gasteiger partial charge is 0.355 e. The number of rotatable bonds is 7. The molecular weight excluding hydrogens is 404 g/mol. The Morgan fingerprint density at radius 2 is 1.77 bits per heavy atom. The zero-order chi connectivity index (χ0) is 21.8. The minimum atomic E-state index is -0.429. The maximum absolute atomic E-state index is 13.6. The molecule has 0 fully saturated rings. The van der Waals surface area contributed by atoms with Gasteiger partial charge in [0.05, 0.1) is 12.0 Å². The Morgan fingerprint density at radius 3 is 2.48 bits per heavy atom. The highest BCUT2D eigenvalue weighted by atomic mass is 32.1. The van der Waals surface area contributed by atoms with Gasteiger partial charge in [-0.2, -0.15) is 0 Å². The first-order valence-electron chi connectivity index (χ1n) is 10.8. The fourth-order valence-electron chi connectivity index (χ4n) is 4.33. The predicted octanol–water partition coefficient (Wildman–Crippen LogP) is 5.04. The highest BCUT2D eigenvalue weighted by Crippen LogP contribution is 2.44. The van der Waals surface area contributed by atoms with Gasteiger partial charge in [0, 0.05) is 23.5 Å². The summed E-state index contributed by atoms with van der Waals surface area (Å²) in [5.41, 5.74) is 2.65. The minimum Gasteiger partial charge on any atom is -0.355 e. The van der Waals surface area contributed by atoms with E-state index in [9.17, 15) is 9.59 Å². The van der Waals surface area contributed by atoms with E-state index in [-0.39, 0.29) is 17.9 Å². The van der Waals surface area contributed by atoms with Gasteiger partial charge in [-0.15, -0.1) is 11.3 Å². The van der Waals surface area contributed by atoms with Crippen LogP contribution in [0.15, 0.2) is 72.1 Å². The average molecular weight is 433 g/mol. The second-order valence-electron chi connectivity index (χ2n) is 8.40. The molecule has 2 heterocycles. The van der Waals surface area contributed by atoms with E-state index in [2.05, 4.69) is 31.3 Å². The number of hydrogen-bond acceptors (Lipinski definition) is 3. The van der Waals surface area contributed by atoms with Gasteiger partial charge in [0.2, 0.25) is 5.91 Å². The van der Waals surface area contributed by atoms with Crippen molar-refractivity contribution >= 4 is 23.2 Å². The molecule has 1 aromatic heterocycles. The molecule has 0 unspecified atom stereocenters. The summed E-state index contributed by atoms with van der Waals surface area (Å²) in [4.78, 5) is 29.9. The van der Waals surface area contributed by atoms with Crippen LogP contribution in [0.25, 0.3) is 0 Å². The zero-order valence-electron chi connectivity index (χ0n) is 18.0. The van der Waals surface area contributed by atoms with Gasteiger partial charge in [-0.1, -0.05) is 68.4 Å². The third kappa shape index (κ3) is 4.57. The summed E-state index contributed by atoms with van der Waals surface area (Å²) in [6.45, 7) is 5.39. The van der Waals surface area contributed by atoms with Crippen molar-refractivity contribution in [3.8, 4) is 0 Å². The number of nitrogens with one attached hydrogen (secondary N) is 1. The summed E-state index contributed by atoms with van der Waals surface area (Å²) in [6.07, 6.45) is 0.777. The van der Waals surface area contributed by atoms with Crippen LogP contribution in [0.2, 0.25) is 0 Å². The lowest BCUT2D eigenvalue weighted by atomic mass is 9.81. The molecule has 31 heavy (non-hydrogen) atoms. The lowest BCUT2D eigenvalue weighted by molar-refractivity contribution is -0.124. The Balaban J connectivity index is 1.66. The van der Waals surface area contributed by atoms with Crippen LogP contribution in [0, 0.1) is 5.92 Å². The normalized spacial score (nSPS) is 18.2. The molecule has 1 N–H and O–H groups in total. The SMILES string of the molecule is CC(C)CN1C(=O)c2ccccc2[C@H](C(=O)NCCc2ccccc2)[C@H]1c1cccs1. The van der Waals surface area contributed by atoms with E-state index in [1.807, 2.05) is 64.9 Å². The van der Waals surface area contributed by atoms with Crippen molar-refractivity contribution in [2.45, 2.75) is 32.2 Å². The summed E-state index contributed by atoms with van der Waals surface area (Å²) >= 11 is 1.60. The van der Waals surface area contributed by atoms with Gasteiger partial charge in [-0.25, -0.2) is 0 Å². The van der Waals surface area contributed by atoms with Gasteiger partial charge < -0.3 is 10.2 Å². The van der Waals surface area contributed by atoms with Gasteiger partial charge in [0.1, 0.15) is 0 Å². The second-order valence-corrected chi connectivity index (χ2v) is 9.38. The molecule has 1 aliphatic heterocycles. The Morgan fingerprint density at radius 1 is 1.03 bits per heavy atom. The average Bonchev–Trinajstić information content (AvgIpc) is 3.30. The fraction of sp³-hybridized carbons (Fsp3) is 0.308. The van der Waals surface area contributed by atoms with Crippen molar-refractivity contribution in [1.82, 2.24) is 10.2 Å². The van der Waals surface area contributed by atoms with Crippen LogP contribution in [0.5, 0.6) is 0 Å². The lowest BCUT2D eigenvalue weighted by Gasteiger charge is -2.42. The Hall–Kier alpha value is -2.92. The molecule has 1 aliphatic rings. The fourth-order valence-corrected chi connectivity index (χ4v) is 5.20. The van der Waals surface area contributed by atoms with Gasteiger partial charge in [0.25, 0.3) is 5.91 Å². The van der Waals surface area contributed by atoms with E-state index in [1.54, 1.807) is 11.3 Å². The van der Waals surface area contributed by atoms with Crippen LogP contribution in [0.4, 0.5) is 0 Å². The molecule has 2 atom stereocenters. The van der Waals surface area contributed by atoms with Crippen molar-refractivity contribution in [3.63, 3.8) is 0 Å². The van der Waals surface area contributed by atoms with E-state index < -0.39 is 5.92 Å². The topological polar surface area (TPSA) is 49.4 Å². The summed E-state index contributed by atoms with van der Waals surface area (Å²) in [6, 6.07) is 21.5. The second kappa shape index (κ2) is 9.48. The van der Waals surface area contributed by atoms with Crippen molar-refractivity contribution in [1.29, 1.82) is 0 Å². The van der Waals surface area contributed by atoms with Gasteiger partial charge in [-0.3, -0.25) is 9.59 Å². The highest BCUT2D eigenvalue weighted by molar-refractivity contribution is 7.10. The van der Waals surface area contributed by atoms with Crippen LogP contribution in [-0.2, 0) is 11.2 Å². The summed E-state index contributed by atoms with van der Waals surface area (Å²) in [5, 5.41) is 5.16. The molecule has 0 radical (unpaired) electrons. The van der Waals surface area contributed by atoms with E-state index in [4.69, 9.17) is 0 Å². The molecule has 160 valence electrons. The number of nitrogens with zero attached hydrogens (tertiary/aromatic N) is 1. The molecule has 0 aliphatic carbocycles. The number of amides is 2. The van der Waals surface area contributed by atoms with Crippen LogP contribution < -0.4 is 5.32 Å². The minimum absolute atomic E-state index is 0.0102. The number of thiophene rings is 1.